The van der Waals surface area contributed by atoms with Gasteiger partial charge in [-0.15, -0.1) is 0 Å². The van der Waals surface area contributed by atoms with Crippen molar-refractivity contribution in [2.24, 2.45) is 0 Å². The third-order valence-electron chi connectivity index (χ3n) is 5.54. The number of carbonyl (C=O) groups is 1. The lowest BCUT2D eigenvalue weighted by Crippen LogP contribution is -2.50. The Kier molecular flexibility index (Phi) is 5.53. The first kappa shape index (κ1) is 20.8. The summed E-state index contributed by atoms with van der Waals surface area (Å²) in [5, 5.41) is 1.26. The second kappa shape index (κ2) is 7.98. The number of sulfonamides is 1. The number of fused-ring (bicyclic) bond motifs is 1. The molecular weight excluding hydrogens is 422 g/mol. The minimum atomic E-state index is -3.59. The molecule has 6 nitrogen and oxygen atoms in total. The zero-order chi connectivity index (χ0) is 21.5. The molecule has 1 aliphatic heterocycles. The van der Waals surface area contributed by atoms with Crippen molar-refractivity contribution < 1.29 is 13.2 Å². The predicted molar refractivity (Wildman–Crippen MR) is 117 cm³/mol. The van der Waals surface area contributed by atoms with E-state index in [0.29, 0.717) is 29.2 Å². The molecule has 0 radical (unpaired) electrons. The monoisotopic (exact) mass is 443 g/mol. The van der Waals surface area contributed by atoms with E-state index < -0.39 is 10.0 Å². The van der Waals surface area contributed by atoms with Crippen molar-refractivity contribution in [2.75, 3.05) is 26.2 Å². The van der Waals surface area contributed by atoms with Crippen molar-refractivity contribution >= 4 is 38.4 Å². The molecule has 2 aromatic carbocycles. The Morgan fingerprint density at radius 3 is 2.43 bits per heavy atom. The average Bonchev–Trinajstić information content (AvgIpc) is 2.74. The number of hydrogen-bond acceptors (Lipinski definition) is 4. The molecule has 30 heavy (non-hydrogen) atoms. The Labute approximate surface area is 181 Å². The lowest BCUT2D eigenvalue weighted by atomic mass is 10.1. The zero-order valence-electron chi connectivity index (χ0n) is 16.8. The van der Waals surface area contributed by atoms with Gasteiger partial charge >= 0.3 is 0 Å². The molecule has 1 aliphatic rings. The largest absolute Gasteiger partial charge is 0.336 e. The topological polar surface area (TPSA) is 70.6 Å². The molecule has 156 valence electrons. The summed E-state index contributed by atoms with van der Waals surface area (Å²) in [5.74, 6) is -0.190. The van der Waals surface area contributed by atoms with E-state index in [1.807, 2.05) is 26.0 Å². The van der Waals surface area contributed by atoms with Gasteiger partial charge in [0.1, 0.15) is 0 Å². The number of carbonyl (C=O) groups excluding carboxylic acids is 1. The minimum Gasteiger partial charge on any atom is -0.336 e. The molecule has 0 aliphatic carbocycles. The van der Waals surface area contributed by atoms with Gasteiger partial charge in [0.2, 0.25) is 10.0 Å². The molecule has 3 aromatic rings. The van der Waals surface area contributed by atoms with E-state index in [9.17, 15) is 13.2 Å². The van der Waals surface area contributed by atoms with Gasteiger partial charge in [0.25, 0.3) is 5.91 Å². The Morgan fingerprint density at radius 2 is 1.73 bits per heavy atom. The summed E-state index contributed by atoms with van der Waals surface area (Å²) in [6.45, 7) is 4.95. The number of piperazine rings is 1. The summed E-state index contributed by atoms with van der Waals surface area (Å²) in [6.07, 6.45) is 1.64. The van der Waals surface area contributed by atoms with Gasteiger partial charge in [-0.05, 0) is 55.3 Å². The number of rotatable bonds is 3. The predicted octanol–water partition coefficient (Wildman–Crippen LogP) is 3.65. The van der Waals surface area contributed by atoms with Crippen LogP contribution in [0.5, 0.6) is 0 Å². The number of halogens is 1. The van der Waals surface area contributed by atoms with Gasteiger partial charge in [0, 0.05) is 42.8 Å². The van der Waals surface area contributed by atoms with E-state index in [1.54, 1.807) is 41.4 Å². The van der Waals surface area contributed by atoms with Crippen LogP contribution in [0.2, 0.25) is 5.02 Å². The van der Waals surface area contributed by atoms with E-state index in [1.165, 1.54) is 4.31 Å². The van der Waals surface area contributed by atoms with Crippen molar-refractivity contribution in [1.29, 1.82) is 0 Å². The highest BCUT2D eigenvalue weighted by atomic mass is 35.5. The van der Waals surface area contributed by atoms with E-state index in [4.69, 9.17) is 11.6 Å². The molecule has 2 heterocycles. The molecule has 0 spiro atoms. The van der Waals surface area contributed by atoms with Crippen molar-refractivity contribution in [3.05, 3.63) is 70.4 Å². The molecule has 0 unspecified atom stereocenters. The fourth-order valence-electron chi connectivity index (χ4n) is 3.64. The number of aryl methyl sites for hydroxylation is 2. The highest BCUT2D eigenvalue weighted by molar-refractivity contribution is 7.89. The van der Waals surface area contributed by atoms with Crippen LogP contribution in [-0.4, -0.2) is 54.7 Å². The van der Waals surface area contributed by atoms with Crippen LogP contribution in [0.4, 0.5) is 0 Å². The summed E-state index contributed by atoms with van der Waals surface area (Å²) < 4.78 is 27.5. The van der Waals surface area contributed by atoms with Gasteiger partial charge in [-0.3, -0.25) is 9.78 Å². The van der Waals surface area contributed by atoms with Crippen LogP contribution in [0, 0.1) is 13.8 Å². The van der Waals surface area contributed by atoms with Crippen LogP contribution in [0.15, 0.2) is 53.6 Å². The van der Waals surface area contributed by atoms with Crippen LogP contribution in [0.3, 0.4) is 0 Å². The van der Waals surface area contributed by atoms with Crippen LogP contribution < -0.4 is 0 Å². The standard InChI is InChI=1S/C22H22ClN3O3S/c1-15-5-6-19(12-16(15)2)30(28,29)26-10-8-25(9-11-26)22(27)20-14-18(23)13-17-4-3-7-24-21(17)20/h3-7,12-14H,8-11H2,1-2H3. The molecular formula is C22H22ClN3O3S. The van der Waals surface area contributed by atoms with Crippen molar-refractivity contribution in [2.45, 2.75) is 18.7 Å². The van der Waals surface area contributed by atoms with Gasteiger partial charge in [-0.1, -0.05) is 23.7 Å². The minimum absolute atomic E-state index is 0.190. The molecule has 1 amide bonds. The van der Waals surface area contributed by atoms with Crippen LogP contribution in [-0.2, 0) is 10.0 Å². The third kappa shape index (κ3) is 3.80. The fraction of sp³-hybridized carbons (Fsp3) is 0.273. The van der Waals surface area contributed by atoms with E-state index >= 15 is 0 Å². The van der Waals surface area contributed by atoms with Crippen molar-refractivity contribution in [1.82, 2.24) is 14.2 Å². The lowest BCUT2D eigenvalue weighted by molar-refractivity contribution is 0.0699. The molecule has 0 N–H and O–H groups in total. The normalized spacial score (nSPS) is 15.5. The Balaban J connectivity index is 1.54. The van der Waals surface area contributed by atoms with Gasteiger partial charge < -0.3 is 4.90 Å². The molecule has 0 bridgehead atoms. The number of amides is 1. The summed E-state index contributed by atoms with van der Waals surface area (Å²) in [5.41, 5.74) is 3.01. The van der Waals surface area contributed by atoms with Gasteiger partial charge in [-0.2, -0.15) is 4.31 Å². The van der Waals surface area contributed by atoms with Gasteiger partial charge in [0.05, 0.1) is 16.0 Å². The van der Waals surface area contributed by atoms with Crippen LogP contribution in [0.1, 0.15) is 21.5 Å². The number of nitrogens with zero attached hydrogens (tertiary/aromatic N) is 3. The molecule has 4 rings (SSSR count). The molecule has 8 heteroatoms. The number of pyridine rings is 1. The Bertz CT molecular complexity index is 1240. The number of aromatic nitrogens is 1. The van der Waals surface area contributed by atoms with E-state index in [2.05, 4.69) is 4.98 Å². The summed E-state index contributed by atoms with van der Waals surface area (Å²) in [7, 11) is -3.59. The second-order valence-corrected chi connectivity index (χ2v) is 9.85. The SMILES string of the molecule is Cc1ccc(S(=O)(=O)N2CCN(C(=O)c3cc(Cl)cc4cccnc34)CC2)cc1C. The Morgan fingerprint density at radius 1 is 1.00 bits per heavy atom. The molecule has 1 aromatic heterocycles. The van der Waals surface area contributed by atoms with Crippen LogP contribution >= 0.6 is 11.6 Å². The first-order chi connectivity index (χ1) is 14.3. The fourth-order valence-corrected chi connectivity index (χ4v) is 5.38. The maximum Gasteiger partial charge on any atom is 0.256 e. The highest BCUT2D eigenvalue weighted by Crippen LogP contribution is 2.25. The molecule has 0 saturated carbocycles. The summed E-state index contributed by atoms with van der Waals surface area (Å²) >= 11 is 6.20. The maximum absolute atomic E-state index is 13.1. The molecule has 0 atom stereocenters. The van der Waals surface area contributed by atoms with Gasteiger partial charge in [-0.25, -0.2) is 8.42 Å². The first-order valence-electron chi connectivity index (χ1n) is 9.68. The van der Waals surface area contributed by atoms with Crippen molar-refractivity contribution in [3.63, 3.8) is 0 Å². The summed E-state index contributed by atoms with van der Waals surface area (Å²) in [6, 6.07) is 12.2. The molecule has 1 saturated heterocycles. The second-order valence-electron chi connectivity index (χ2n) is 7.47. The first-order valence-corrected chi connectivity index (χ1v) is 11.5. The number of benzene rings is 2. The van der Waals surface area contributed by atoms with Crippen molar-refractivity contribution in [3.8, 4) is 0 Å². The molecule has 1 fully saturated rings. The third-order valence-corrected chi connectivity index (χ3v) is 7.65. The summed E-state index contributed by atoms with van der Waals surface area (Å²) in [4.78, 5) is 19.4. The zero-order valence-corrected chi connectivity index (χ0v) is 18.4. The highest BCUT2D eigenvalue weighted by Gasteiger charge is 2.31. The quantitative estimate of drug-likeness (QED) is 0.619. The lowest BCUT2D eigenvalue weighted by Gasteiger charge is -2.34. The number of hydrogen-bond donors (Lipinski definition) is 0. The van der Waals surface area contributed by atoms with E-state index in [0.717, 1.165) is 16.5 Å². The van der Waals surface area contributed by atoms with E-state index in [-0.39, 0.29) is 23.9 Å². The van der Waals surface area contributed by atoms with Gasteiger partial charge in [0.15, 0.2) is 0 Å². The Hall–Kier alpha value is -2.48. The average molecular weight is 444 g/mol. The maximum atomic E-state index is 13.1. The smallest absolute Gasteiger partial charge is 0.256 e. The van der Waals surface area contributed by atoms with Crippen LogP contribution in [0.25, 0.3) is 10.9 Å².